The molecular weight excluding hydrogens is 282 g/mol. The maximum Gasteiger partial charge on any atom is 0.306 e. The Labute approximate surface area is 121 Å². The van der Waals surface area contributed by atoms with Crippen molar-refractivity contribution in [3.8, 4) is 0 Å². The van der Waals surface area contributed by atoms with Crippen LogP contribution in [0.3, 0.4) is 0 Å². The lowest BCUT2D eigenvalue weighted by molar-refractivity contribution is -0.140. The third-order valence-corrected chi connectivity index (χ3v) is 5.70. The van der Waals surface area contributed by atoms with Crippen molar-refractivity contribution < 1.29 is 17.9 Å². The molecule has 118 valence electrons. The number of rotatable bonds is 6. The first kappa shape index (κ1) is 17.4. The number of hydrogen-bond acceptors (Lipinski definition) is 5. The molecule has 7 nitrogen and oxygen atoms in total. The van der Waals surface area contributed by atoms with Crippen LogP contribution in [0.25, 0.3) is 0 Å². The summed E-state index contributed by atoms with van der Waals surface area (Å²) in [6.07, 6.45) is 0.0622. The van der Waals surface area contributed by atoms with Crippen molar-refractivity contribution in [1.29, 1.82) is 0 Å². The van der Waals surface area contributed by atoms with Gasteiger partial charge in [-0.3, -0.25) is 4.79 Å². The van der Waals surface area contributed by atoms with Crippen LogP contribution in [0.5, 0.6) is 0 Å². The third-order valence-electron chi connectivity index (χ3n) is 3.78. The summed E-state index contributed by atoms with van der Waals surface area (Å²) in [4.78, 5) is 13.1. The second-order valence-electron chi connectivity index (χ2n) is 5.48. The number of carbonyl (C=O) groups is 1. The molecule has 0 aromatic heterocycles. The van der Waals surface area contributed by atoms with E-state index in [9.17, 15) is 13.2 Å². The van der Waals surface area contributed by atoms with Gasteiger partial charge in [-0.25, -0.2) is 0 Å². The van der Waals surface area contributed by atoms with Gasteiger partial charge >= 0.3 is 5.97 Å². The maximum atomic E-state index is 12.4. The Morgan fingerprint density at radius 1 is 1.30 bits per heavy atom. The largest absolute Gasteiger partial charge is 0.469 e. The van der Waals surface area contributed by atoms with Crippen molar-refractivity contribution in [3.05, 3.63) is 0 Å². The van der Waals surface area contributed by atoms with Gasteiger partial charge < -0.3 is 9.64 Å². The molecule has 0 N–H and O–H groups in total. The zero-order valence-electron chi connectivity index (χ0n) is 12.9. The molecule has 1 aliphatic rings. The minimum atomic E-state index is -3.51. The summed E-state index contributed by atoms with van der Waals surface area (Å²) in [5.41, 5.74) is 0. The summed E-state index contributed by atoms with van der Waals surface area (Å²) in [5.74, 6) is -0.123. The quantitative estimate of drug-likeness (QED) is 0.625. The highest BCUT2D eigenvalue weighted by Crippen LogP contribution is 2.23. The Balaban J connectivity index is 2.67. The Bertz CT molecular complexity index is 438. The molecule has 1 aliphatic heterocycles. The molecule has 0 amide bonds. The van der Waals surface area contributed by atoms with Gasteiger partial charge in [0.2, 0.25) is 0 Å². The second kappa shape index (κ2) is 6.84. The summed E-state index contributed by atoms with van der Waals surface area (Å²) < 4.78 is 32.1. The second-order valence-corrected chi connectivity index (χ2v) is 7.52. The van der Waals surface area contributed by atoms with Crippen LogP contribution in [-0.2, 0) is 19.7 Å². The van der Waals surface area contributed by atoms with Crippen molar-refractivity contribution in [2.24, 2.45) is 5.92 Å². The number of methoxy groups -OCH3 is 1. The summed E-state index contributed by atoms with van der Waals surface area (Å²) in [7, 11) is 3.19. The molecule has 0 bridgehead atoms. The fraction of sp³-hybridized carbons (Fsp3) is 0.917. The Kier molecular flexibility index (Phi) is 5.93. The predicted molar refractivity (Wildman–Crippen MR) is 76.4 cm³/mol. The molecule has 2 atom stereocenters. The van der Waals surface area contributed by atoms with Crippen LogP contribution in [0.4, 0.5) is 0 Å². The van der Waals surface area contributed by atoms with Gasteiger partial charge in [0.05, 0.1) is 13.5 Å². The van der Waals surface area contributed by atoms with E-state index >= 15 is 0 Å². The molecule has 1 fully saturated rings. The highest BCUT2D eigenvalue weighted by atomic mass is 32.2. The lowest BCUT2D eigenvalue weighted by Crippen LogP contribution is -2.43. The molecule has 0 aliphatic carbocycles. The SMILES string of the molecule is COC(=O)CCN(C)S(=O)(=O)N1CC(C)C(N(C)C)C1. The van der Waals surface area contributed by atoms with Gasteiger partial charge in [0.1, 0.15) is 0 Å². The summed E-state index contributed by atoms with van der Waals surface area (Å²) in [6.45, 7) is 3.17. The predicted octanol–water partition coefficient (Wildman–Crippen LogP) is -0.392. The summed E-state index contributed by atoms with van der Waals surface area (Å²) in [5, 5.41) is 0. The average Bonchev–Trinajstić information content (AvgIpc) is 2.78. The van der Waals surface area contributed by atoms with Gasteiger partial charge in [0, 0.05) is 32.7 Å². The number of likely N-dealkylation sites (N-methyl/N-ethyl adjacent to an activating group) is 1. The van der Waals surface area contributed by atoms with Gasteiger partial charge in [-0.05, 0) is 20.0 Å². The van der Waals surface area contributed by atoms with E-state index in [2.05, 4.69) is 16.6 Å². The highest BCUT2D eigenvalue weighted by Gasteiger charge is 2.39. The van der Waals surface area contributed by atoms with Crippen LogP contribution in [0.2, 0.25) is 0 Å². The van der Waals surface area contributed by atoms with Crippen LogP contribution in [0.1, 0.15) is 13.3 Å². The lowest BCUT2D eigenvalue weighted by atomic mass is 10.1. The van der Waals surface area contributed by atoms with Crippen molar-refractivity contribution in [2.45, 2.75) is 19.4 Å². The fourth-order valence-corrected chi connectivity index (χ4v) is 3.91. The van der Waals surface area contributed by atoms with E-state index in [1.807, 2.05) is 14.1 Å². The molecule has 2 unspecified atom stereocenters. The van der Waals surface area contributed by atoms with Crippen LogP contribution in [0, 0.1) is 5.92 Å². The molecular formula is C12H25N3O4S. The van der Waals surface area contributed by atoms with E-state index in [1.54, 1.807) is 0 Å². The first-order valence-electron chi connectivity index (χ1n) is 6.64. The molecule has 1 heterocycles. The van der Waals surface area contributed by atoms with E-state index in [1.165, 1.54) is 22.8 Å². The zero-order valence-corrected chi connectivity index (χ0v) is 13.7. The average molecular weight is 307 g/mol. The molecule has 0 aromatic carbocycles. The lowest BCUT2D eigenvalue weighted by Gasteiger charge is -2.25. The Morgan fingerprint density at radius 2 is 1.90 bits per heavy atom. The maximum absolute atomic E-state index is 12.4. The van der Waals surface area contributed by atoms with Gasteiger partial charge in [0.15, 0.2) is 0 Å². The number of hydrogen-bond donors (Lipinski definition) is 0. The number of carbonyl (C=O) groups excluding carboxylic acids is 1. The third kappa shape index (κ3) is 3.91. The van der Waals surface area contributed by atoms with E-state index in [-0.39, 0.29) is 24.9 Å². The number of esters is 1. The Hall–Kier alpha value is -0.700. The Morgan fingerprint density at radius 3 is 2.35 bits per heavy atom. The minimum absolute atomic E-state index is 0.0622. The molecule has 20 heavy (non-hydrogen) atoms. The smallest absolute Gasteiger partial charge is 0.306 e. The first-order valence-corrected chi connectivity index (χ1v) is 8.04. The van der Waals surface area contributed by atoms with E-state index in [0.717, 1.165) is 0 Å². The summed E-state index contributed by atoms with van der Waals surface area (Å²) >= 11 is 0. The summed E-state index contributed by atoms with van der Waals surface area (Å²) in [6, 6.07) is 0.221. The number of nitrogens with zero attached hydrogens (tertiary/aromatic N) is 3. The number of ether oxygens (including phenoxy) is 1. The zero-order chi connectivity index (χ0) is 15.5. The van der Waals surface area contributed by atoms with Gasteiger partial charge in [-0.2, -0.15) is 17.0 Å². The van der Waals surface area contributed by atoms with Crippen LogP contribution >= 0.6 is 0 Å². The fourth-order valence-electron chi connectivity index (χ4n) is 2.43. The van der Waals surface area contributed by atoms with E-state index < -0.39 is 16.2 Å². The molecule has 0 radical (unpaired) electrons. The highest BCUT2D eigenvalue weighted by molar-refractivity contribution is 7.86. The molecule has 0 aromatic rings. The monoisotopic (exact) mass is 307 g/mol. The van der Waals surface area contributed by atoms with E-state index in [4.69, 9.17) is 0 Å². The van der Waals surface area contributed by atoms with Crippen LogP contribution < -0.4 is 0 Å². The first-order chi connectivity index (χ1) is 9.20. The van der Waals surface area contributed by atoms with Crippen LogP contribution in [-0.4, -0.2) is 81.8 Å². The topological polar surface area (TPSA) is 70.2 Å². The molecule has 0 saturated carbocycles. The normalized spacial score (nSPS) is 24.6. The van der Waals surface area contributed by atoms with Crippen molar-refractivity contribution in [1.82, 2.24) is 13.5 Å². The van der Waals surface area contributed by atoms with Gasteiger partial charge in [-0.15, -0.1) is 0 Å². The minimum Gasteiger partial charge on any atom is -0.469 e. The molecule has 8 heteroatoms. The molecule has 0 spiro atoms. The van der Waals surface area contributed by atoms with Crippen molar-refractivity contribution in [2.75, 3.05) is 47.9 Å². The molecule has 1 saturated heterocycles. The van der Waals surface area contributed by atoms with Gasteiger partial charge in [0.25, 0.3) is 10.2 Å². The van der Waals surface area contributed by atoms with Crippen molar-refractivity contribution in [3.63, 3.8) is 0 Å². The van der Waals surface area contributed by atoms with Gasteiger partial charge in [-0.1, -0.05) is 6.92 Å². The van der Waals surface area contributed by atoms with E-state index in [0.29, 0.717) is 13.1 Å². The van der Waals surface area contributed by atoms with Crippen LogP contribution in [0.15, 0.2) is 0 Å². The van der Waals surface area contributed by atoms with Crippen molar-refractivity contribution >= 4 is 16.2 Å². The standard InChI is InChI=1S/C12H25N3O4S/c1-10-8-15(9-11(10)13(2)3)20(17,18)14(4)7-6-12(16)19-5/h10-11H,6-9H2,1-5H3. The molecule has 1 rings (SSSR count).